The van der Waals surface area contributed by atoms with E-state index in [4.69, 9.17) is 9.47 Å². The van der Waals surface area contributed by atoms with Gasteiger partial charge in [0.25, 0.3) is 0 Å². The van der Waals surface area contributed by atoms with E-state index >= 15 is 0 Å². The lowest BCUT2D eigenvalue weighted by atomic mass is 9.79. The molecule has 1 aromatic rings. The molecule has 0 bridgehead atoms. The van der Waals surface area contributed by atoms with E-state index in [0.29, 0.717) is 24.0 Å². The molecule has 2 aliphatic rings. The highest BCUT2D eigenvalue weighted by molar-refractivity contribution is 7.89. The molecular formula is C17H25NO4S. The smallest absolute Gasteiger partial charge is 0.247 e. The Morgan fingerprint density at radius 1 is 1.04 bits per heavy atom. The quantitative estimate of drug-likeness (QED) is 0.846. The fraction of sp³-hybridized carbons (Fsp3) is 0.647. The predicted octanol–water partition coefficient (Wildman–Crippen LogP) is 3.05. The van der Waals surface area contributed by atoms with Crippen LogP contribution in [0.2, 0.25) is 0 Å². The van der Waals surface area contributed by atoms with Crippen LogP contribution in [-0.2, 0) is 10.0 Å². The summed E-state index contributed by atoms with van der Waals surface area (Å²) in [6.07, 6.45) is 6.53. The third-order valence-electron chi connectivity index (χ3n) is 5.15. The summed E-state index contributed by atoms with van der Waals surface area (Å²) in [5.74, 6) is 1.41. The van der Waals surface area contributed by atoms with E-state index in [0.717, 1.165) is 32.1 Å². The standard InChI is InChI=1S/C17H25NO4S/c1-21-14-9-10-16(22-2)17(12-14)23(19,20)18-11-5-7-13-6-3-4-8-15(13)18/h9-10,12-13,15H,3-8,11H2,1-2H3. The van der Waals surface area contributed by atoms with E-state index in [1.165, 1.54) is 20.6 Å². The van der Waals surface area contributed by atoms with Gasteiger partial charge in [-0.15, -0.1) is 0 Å². The Balaban J connectivity index is 2.00. The van der Waals surface area contributed by atoms with Gasteiger partial charge in [-0.05, 0) is 43.7 Å². The molecule has 2 unspecified atom stereocenters. The zero-order valence-corrected chi connectivity index (χ0v) is 14.6. The third-order valence-corrected chi connectivity index (χ3v) is 7.10. The maximum Gasteiger partial charge on any atom is 0.247 e. The first kappa shape index (κ1) is 16.6. The monoisotopic (exact) mass is 339 g/mol. The van der Waals surface area contributed by atoms with Gasteiger partial charge in [-0.3, -0.25) is 0 Å². The van der Waals surface area contributed by atoms with Crippen molar-refractivity contribution in [3.8, 4) is 11.5 Å². The molecule has 0 radical (unpaired) electrons. The average Bonchev–Trinajstić information content (AvgIpc) is 2.60. The van der Waals surface area contributed by atoms with Crippen molar-refractivity contribution in [1.29, 1.82) is 0 Å². The summed E-state index contributed by atoms with van der Waals surface area (Å²) in [6.45, 7) is 0.601. The first-order valence-electron chi connectivity index (χ1n) is 8.32. The van der Waals surface area contributed by atoms with Crippen LogP contribution in [0, 0.1) is 5.92 Å². The number of piperidine rings is 1. The second-order valence-electron chi connectivity index (χ2n) is 6.39. The van der Waals surface area contributed by atoms with Crippen LogP contribution in [0.1, 0.15) is 38.5 Å². The van der Waals surface area contributed by atoms with Gasteiger partial charge >= 0.3 is 0 Å². The number of benzene rings is 1. The summed E-state index contributed by atoms with van der Waals surface area (Å²) in [6, 6.07) is 5.09. The van der Waals surface area contributed by atoms with E-state index in [-0.39, 0.29) is 10.9 Å². The molecule has 0 spiro atoms. The fourth-order valence-electron chi connectivity index (χ4n) is 3.99. The van der Waals surface area contributed by atoms with E-state index in [1.54, 1.807) is 22.5 Å². The van der Waals surface area contributed by atoms with Crippen molar-refractivity contribution in [3.63, 3.8) is 0 Å². The Labute approximate surface area is 138 Å². The van der Waals surface area contributed by atoms with Crippen molar-refractivity contribution in [2.75, 3.05) is 20.8 Å². The van der Waals surface area contributed by atoms with Crippen LogP contribution in [0.3, 0.4) is 0 Å². The molecule has 0 N–H and O–H groups in total. The zero-order valence-electron chi connectivity index (χ0n) is 13.8. The van der Waals surface area contributed by atoms with Crippen molar-refractivity contribution in [3.05, 3.63) is 18.2 Å². The molecule has 3 rings (SSSR count). The van der Waals surface area contributed by atoms with Crippen LogP contribution in [-0.4, -0.2) is 39.5 Å². The van der Waals surface area contributed by atoms with Gasteiger partial charge in [0.05, 0.1) is 14.2 Å². The van der Waals surface area contributed by atoms with Crippen LogP contribution in [0.25, 0.3) is 0 Å². The minimum Gasteiger partial charge on any atom is -0.497 e. The van der Waals surface area contributed by atoms with Crippen molar-refractivity contribution in [1.82, 2.24) is 4.31 Å². The maximum atomic E-state index is 13.3. The lowest BCUT2D eigenvalue weighted by Crippen LogP contribution is -2.49. The predicted molar refractivity (Wildman–Crippen MR) is 88.4 cm³/mol. The number of hydrogen-bond acceptors (Lipinski definition) is 4. The highest BCUT2D eigenvalue weighted by atomic mass is 32.2. The lowest BCUT2D eigenvalue weighted by molar-refractivity contribution is 0.129. The summed E-state index contributed by atoms with van der Waals surface area (Å²) < 4.78 is 38.8. The van der Waals surface area contributed by atoms with Crippen molar-refractivity contribution in [2.24, 2.45) is 5.92 Å². The Bertz CT molecular complexity index is 657. The topological polar surface area (TPSA) is 55.8 Å². The number of methoxy groups -OCH3 is 2. The molecule has 128 valence electrons. The van der Waals surface area contributed by atoms with Crippen LogP contribution >= 0.6 is 0 Å². The van der Waals surface area contributed by atoms with E-state index in [2.05, 4.69) is 0 Å². The molecule has 1 heterocycles. The lowest BCUT2D eigenvalue weighted by Gasteiger charge is -2.43. The second-order valence-corrected chi connectivity index (χ2v) is 8.25. The molecule has 23 heavy (non-hydrogen) atoms. The Kier molecular flexibility index (Phi) is 4.82. The summed E-state index contributed by atoms with van der Waals surface area (Å²) in [5.41, 5.74) is 0. The molecule has 1 saturated heterocycles. The Morgan fingerprint density at radius 2 is 1.78 bits per heavy atom. The molecule has 0 amide bonds. The van der Waals surface area contributed by atoms with E-state index in [1.807, 2.05) is 0 Å². The maximum absolute atomic E-state index is 13.3. The Morgan fingerprint density at radius 3 is 2.52 bits per heavy atom. The van der Waals surface area contributed by atoms with Gasteiger partial charge in [0.2, 0.25) is 10.0 Å². The average molecular weight is 339 g/mol. The zero-order chi connectivity index (χ0) is 16.4. The summed E-state index contributed by atoms with van der Waals surface area (Å²) in [4.78, 5) is 0.213. The number of ether oxygens (including phenoxy) is 2. The first-order valence-corrected chi connectivity index (χ1v) is 9.76. The SMILES string of the molecule is COc1ccc(OC)c(S(=O)(=O)N2CCCC3CCCCC32)c1. The highest BCUT2D eigenvalue weighted by Gasteiger charge is 2.41. The van der Waals surface area contributed by atoms with Gasteiger partial charge in [-0.25, -0.2) is 8.42 Å². The number of sulfonamides is 1. The van der Waals surface area contributed by atoms with Gasteiger partial charge in [0, 0.05) is 18.7 Å². The van der Waals surface area contributed by atoms with Gasteiger partial charge in [-0.1, -0.05) is 12.8 Å². The second kappa shape index (κ2) is 6.69. The van der Waals surface area contributed by atoms with Gasteiger partial charge in [0.1, 0.15) is 16.4 Å². The van der Waals surface area contributed by atoms with Crippen LogP contribution in [0.4, 0.5) is 0 Å². The number of hydrogen-bond donors (Lipinski definition) is 0. The number of rotatable bonds is 4. The minimum atomic E-state index is -3.58. The van der Waals surface area contributed by atoms with Crippen LogP contribution < -0.4 is 9.47 Å². The van der Waals surface area contributed by atoms with Gasteiger partial charge in [0.15, 0.2) is 0 Å². The first-order chi connectivity index (χ1) is 11.1. The normalized spacial score (nSPS) is 25.7. The Hall–Kier alpha value is -1.27. The van der Waals surface area contributed by atoms with Crippen LogP contribution in [0.15, 0.2) is 23.1 Å². The molecule has 0 aromatic heterocycles. The summed E-state index contributed by atoms with van der Waals surface area (Å²) in [5, 5.41) is 0. The molecule has 5 nitrogen and oxygen atoms in total. The van der Waals surface area contributed by atoms with Gasteiger partial charge in [-0.2, -0.15) is 4.31 Å². The largest absolute Gasteiger partial charge is 0.497 e. The molecule has 1 saturated carbocycles. The number of nitrogens with zero attached hydrogens (tertiary/aromatic N) is 1. The molecule has 1 aliphatic carbocycles. The summed E-state index contributed by atoms with van der Waals surface area (Å²) in [7, 11) is -0.541. The highest BCUT2D eigenvalue weighted by Crippen LogP contribution is 2.40. The van der Waals surface area contributed by atoms with Gasteiger partial charge < -0.3 is 9.47 Å². The van der Waals surface area contributed by atoms with Crippen molar-refractivity contribution >= 4 is 10.0 Å². The van der Waals surface area contributed by atoms with E-state index in [9.17, 15) is 8.42 Å². The fourth-order valence-corrected chi connectivity index (χ4v) is 5.92. The molecule has 2 fully saturated rings. The minimum absolute atomic E-state index is 0.137. The van der Waals surface area contributed by atoms with Crippen molar-refractivity contribution < 1.29 is 17.9 Å². The summed E-state index contributed by atoms with van der Waals surface area (Å²) >= 11 is 0. The number of fused-ring (bicyclic) bond motifs is 1. The molecule has 6 heteroatoms. The van der Waals surface area contributed by atoms with Crippen molar-refractivity contribution in [2.45, 2.75) is 49.5 Å². The molecule has 1 aromatic carbocycles. The molecule has 2 atom stereocenters. The third kappa shape index (κ3) is 3.06. The molecular weight excluding hydrogens is 314 g/mol. The van der Waals surface area contributed by atoms with Crippen LogP contribution in [0.5, 0.6) is 11.5 Å². The molecule has 1 aliphatic heterocycles. The van der Waals surface area contributed by atoms with E-state index < -0.39 is 10.0 Å².